The maximum atomic E-state index is 5.96. The molecule has 7 heteroatoms. The Balaban J connectivity index is 2.38. The minimum Gasteiger partial charge on any atom is -0.495 e. The van der Waals surface area contributed by atoms with E-state index >= 15 is 0 Å². The Morgan fingerprint density at radius 3 is 2.94 bits per heavy atom. The van der Waals surface area contributed by atoms with Crippen molar-refractivity contribution >= 4 is 11.6 Å². The third-order valence-corrected chi connectivity index (χ3v) is 2.72. The summed E-state index contributed by atoms with van der Waals surface area (Å²) in [7, 11) is 1.56. The quantitative estimate of drug-likeness (QED) is 0.559. The molecule has 1 atom stereocenters. The van der Waals surface area contributed by atoms with Crippen molar-refractivity contribution in [2.24, 2.45) is 5.84 Å². The number of ether oxygens (including phenoxy) is 1. The Morgan fingerprint density at radius 1 is 1.53 bits per heavy atom. The van der Waals surface area contributed by atoms with Crippen LogP contribution in [0.15, 0.2) is 24.4 Å². The molecule has 1 aromatic heterocycles. The summed E-state index contributed by atoms with van der Waals surface area (Å²) in [5, 5.41) is 10.8. The highest BCUT2D eigenvalue weighted by molar-refractivity contribution is 6.32. The van der Waals surface area contributed by atoms with E-state index in [0.717, 1.165) is 5.56 Å². The fourth-order valence-electron chi connectivity index (χ4n) is 1.56. The van der Waals surface area contributed by atoms with Gasteiger partial charge in [0.25, 0.3) is 0 Å². The summed E-state index contributed by atoms with van der Waals surface area (Å²) in [5.41, 5.74) is 4.25. The lowest BCUT2D eigenvalue weighted by Gasteiger charge is -2.14. The molecule has 0 amide bonds. The first-order chi connectivity index (χ1) is 8.26. The molecule has 2 aromatic rings. The number of nitrogens with one attached hydrogen (secondary N) is 2. The smallest absolute Gasteiger partial charge is 0.137 e. The maximum Gasteiger partial charge on any atom is 0.137 e. The molecule has 0 spiro atoms. The van der Waals surface area contributed by atoms with E-state index in [-0.39, 0.29) is 6.04 Å². The maximum absolute atomic E-state index is 5.96. The summed E-state index contributed by atoms with van der Waals surface area (Å²) in [4.78, 5) is 0. The zero-order valence-corrected chi connectivity index (χ0v) is 9.90. The van der Waals surface area contributed by atoms with Gasteiger partial charge in [-0.3, -0.25) is 5.84 Å². The molecule has 0 aliphatic rings. The largest absolute Gasteiger partial charge is 0.495 e. The Kier molecular flexibility index (Phi) is 3.58. The number of halogens is 1. The van der Waals surface area contributed by atoms with Gasteiger partial charge in [0.15, 0.2) is 0 Å². The monoisotopic (exact) mass is 253 g/mol. The van der Waals surface area contributed by atoms with Crippen molar-refractivity contribution in [2.45, 2.75) is 6.04 Å². The summed E-state index contributed by atoms with van der Waals surface area (Å²) in [6.45, 7) is 0. The van der Waals surface area contributed by atoms with Crippen LogP contribution in [-0.2, 0) is 0 Å². The van der Waals surface area contributed by atoms with E-state index in [2.05, 4.69) is 20.8 Å². The molecule has 1 aromatic carbocycles. The van der Waals surface area contributed by atoms with Crippen LogP contribution in [0, 0.1) is 0 Å². The van der Waals surface area contributed by atoms with E-state index in [4.69, 9.17) is 22.2 Å². The number of aromatic nitrogens is 3. The lowest BCUT2D eigenvalue weighted by atomic mass is 10.0. The van der Waals surface area contributed by atoms with Gasteiger partial charge in [0.1, 0.15) is 11.4 Å². The molecule has 1 heterocycles. The highest BCUT2D eigenvalue weighted by Crippen LogP contribution is 2.29. The first kappa shape index (κ1) is 11.8. The molecule has 2 rings (SSSR count). The van der Waals surface area contributed by atoms with Crippen molar-refractivity contribution in [1.29, 1.82) is 0 Å². The van der Waals surface area contributed by atoms with Crippen LogP contribution in [0.2, 0.25) is 5.02 Å². The number of hydrogen-bond donors (Lipinski definition) is 3. The van der Waals surface area contributed by atoms with Crippen LogP contribution in [0.1, 0.15) is 17.3 Å². The molecule has 0 bridgehead atoms. The first-order valence-corrected chi connectivity index (χ1v) is 5.29. The summed E-state index contributed by atoms with van der Waals surface area (Å²) < 4.78 is 5.15. The SMILES string of the molecule is COc1cc(C(NN)c2cn[nH]n2)ccc1Cl. The molecular weight excluding hydrogens is 242 g/mol. The van der Waals surface area contributed by atoms with Crippen LogP contribution in [-0.4, -0.2) is 22.5 Å². The van der Waals surface area contributed by atoms with Gasteiger partial charge < -0.3 is 4.74 Å². The highest BCUT2D eigenvalue weighted by Gasteiger charge is 2.16. The molecule has 0 saturated carbocycles. The van der Waals surface area contributed by atoms with Crippen molar-refractivity contribution in [3.05, 3.63) is 40.7 Å². The van der Waals surface area contributed by atoms with Crippen molar-refractivity contribution < 1.29 is 4.74 Å². The molecule has 0 aliphatic carbocycles. The first-order valence-electron chi connectivity index (χ1n) is 4.91. The summed E-state index contributed by atoms with van der Waals surface area (Å²) in [6.07, 6.45) is 1.60. The normalized spacial score (nSPS) is 12.4. The molecule has 0 aliphatic heterocycles. The van der Waals surface area contributed by atoms with Gasteiger partial charge >= 0.3 is 0 Å². The predicted molar refractivity (Wildman–Crippen MR) is 63.6 cm³/mol. The number of hydrazine groups is 1. The second kappa shape index (κ2) is 5.13. The van der Waals surface area contributed by atoms with Gasteiger partial charge in [-0.25, -0.2) is 5.43 Å². The van der Waals surface area contributed by atoms with Crippen molar-refractivity contribution in [3.63, 3.8) is 0 Å². The molecule has 0 saturated heterocycles. The van der Waals surface area contributed by atoms with Crippen molar-refractivity contribution in [2.75, 3.05) is 7.11 Å². The topological polar surface area (TPSA) is 88.9 Å². The number of nitrogens with two attached hydrogens (primary N) is 1. The van der Waals surface area contributed by atoms with Crippen molar-refractivity contribution in [3.8, 4) is 5.75 Å². The van der Waals surface area contributed by atoms with E-state index in [1.807, 2.05) is 12.1 Å². The van der Waals surface area contributed by atoms with Gasteiger partial charge in [-0.05, 0) is 17.7 Å². The summed E-state index contributed by atoms with van der Waals surface area (Å²) >= 11 is 5.96. The van der Waals surface area contributed by atoms with Crippen LogP contribution in [0.25, 0.3) is 0 Å². The van der Waals surface area contributed by atoms with E-state index < -0.39 is 0 Å². The highest BCUT2D eigenvalue weighted by atomic mass is 35.5. The van der Waals surface area contributed by atoms with E-state index in [0.29, 0.717) is 16.5 Å². The van der Waals surface area contributed by atoms with Gasteiger partial charge in [-0.1, -0.05) is 17.7 Å². The molecule has 0 radical (unpaired) electrons. The molecule has 17 heavy (non-hydrogen) atoms. The zero-order chi connectivity index (χ0) is 12.3. The van der Waals surface area contributed by atoms with Crippen LogP contribution in [0.5, 0.6) is 5.75 Å². The Hall–Kier alpha value is -1.63. The fraction of sp³-hybridized carbons (Fsp3) is 0.200. The molecule has 4 N–H and O–H groups in total. The second-order valence-corrected chi connectivity index (χ2v) is 3.80. The molecule has 90 valence electrons. The van der Waals surface area contributed by atoms with Gasteiger partial charge in [0.05, 0.1) is 24.4 Å². The van der Waals surface area contributed by atoms with Crippen molar-refractivity contribution in [1.82, 2.24) is 20.8 Å². The summed E-state index contributed by atoms with van der Waals surface area (Å²) in [6, 6.07) is 5.14. The number of H-pyrrole nitrogens is 1. The third kappa shape index (κ3) is 2.38. The van der Waals surface area contributed by atoms with Crippen LogP contribution >= 0.6 is 11.6 Å². The van der Waals surface area contributed by atoms with Gasteiger partial charge in [0, 0.05) is 0 Å². The number of nitrogens with zero attached hydrogens (tertiary/aromatic N) is 2. The average Bonchev–Trinajstić information content (AvgIpc) is 2.86. The van der Waals surface area contributed by atoms with E-state index in [9.17, 15) is 0 Å². The minimum absolute atomic E-state index is 0.264. The lowest BCUT2D eigenvalue weighted by molar-refractivity contribution is 0.414. The molecule has 1 unspecified atom stereocenters. The molecule has 0 fully saturated rings. The number of methoxy groups -OCH3 is 1. The van der Waals surface area contributed by atoms with E-state index in [1.165, 1.54) is 0 Å². The Morgan fingerprint density at radius 2 is 2.35 bits per heavy atom. The Labute approximate surface area is 103 Å². The minimum atomic E-state index is -0.264. The third-order valence-electron chi connectivity index (χ3n) is 2.40. The number of hydrogen-bond acceptors (Lipinski definition) is 5. The number of aromatic amines is 1. The predicted octanol–water partition coefficient (Wildman–Crippen LogP) is 1.02. The Bertz CT molecular complexity index is 487. The van der Waals surface area contributed by atoms with Crippen LogP contribution in [0.3, 0.4) is 0 Å². The van der Waals surface area contributed by atoms with E-state index in [1.54, 1.807) is 19.4 Å². The van der Waals surface area contributed by atoms with Gasteiger partial charge in [-0.15, -0.1) is 0 Å². The van der Waals surface area contributed by atoms with Gasteiger partial charge in [0.2, 0.25) is 0 Å². The van der Waals surface area contributed by atoms with Crippen LogP contribution < -0.4 is 16.0 Å². The van der Waals surface area contributed by atoms with Gasteiger partial charge in [-0.2, -0.15) is 15.4 Å². The second-order valence-electron chi connectivity index (χ2n) is 3.39. The standard InChI is InChI=1S/C10H12ClN5O/c1-17-9-4-6(2-3-7(9)11)10(14-12)8-5-13-16-15-8/h2-5,10,14H,12H2,1H3,(H,13,15,16). The number of benzene rings is 1. The lowest BCUT2D eigenvalue weighted by Crippen LogP contribution is -2.29. The zero-order valence-electron chi connectivity index (χ0n) is 9.14. The average molecular weight is 254 g/mol. The summed E-state index contributed by atoms with van der Waals surface area (Å²) in [5.74, 6) is 6.11. The fourth-order valence-corrected chi connectivity index (χ4v) is 1.75. The van der Waals surface area contributed by atoms with Crippen LogP contribution in [0.4, 0.5) is 0 Å². The molecular formula is C10H12ClN5O. The molecule has 6 nitrogen and oxygen atoms in total. The number of rotatable bonds is 4.